The molecule has 3 unspecified atom stereocenters. The van der Waals surface area contributed by atoms with Gasteiger partial charge in [0.25, 0.3) is 0 Å². The van der Waals surface area contributed by atoms with Gasteiger partial charge in [0, 0.05) is 18.7 Å². The number of thioether (sulfide) groups is 1. The van der Waals surface area contributed by atoms with Gasteiger partial charge in [-0.1, -0.05) is 13.8 Å². The maximum atomic E-state index is 12.2. The van der Waals surface area contributed by atoms with Gasteiger partial charge in [0.2, 0.25) is 11.8 Å². The maximum absolute atomic E-state index is 12.2. The second kappa shape index (κ2) is 5.93. The summed E-state index contributed by atoms with van der Waals surface area (Å²) in [6.45, 7) is 6.36. The molecule has 0 saturated carbocycles. The molecule has 0 aromatic rings. The number of amides is 2. The average Bonchev–Trinajstić information content (AvgIpc) is 2.83. The van der Waals surface area contributed by atoms with Gasteiger partial charge in [-0.05, 0) is 25.7 Å². The molecule has 2 N–H and O–H groups in total. The lowest BCUT2D eigenvalue weighted by Crippen LogP contribution is -2.51. The fraction of sp³-hybridized carbons (Fsp3) is 0.857. The Kier molecular flexibility index (Phi) is 4.64. The third kappa shape index (κ3) is 3.11. The standard InChI is InChI=1S/C14H24N2O3S/c1-9(2)6-10(17)7-15-13(19)11-8-20-14(3)5-4-12(18)16(11)14/h9-11,17H,4-8H2,1-3H3,(H,15,19). The summed E-state index contributed by atoms with van der Waals surface area (Å²) in [5.41, 5.74) is 0. The van der Waals surface area contributed by atoms with Gasteiger partial charge >= 0.3 is 0 Å². The Morgan fingerprint density at radius 1 is 1.60 bits per heavy atom. The highest BCUT2D eigenvalue weighted by molar-refractivity contribution is 8.01. The number of carbonyl (C=O) groups is 2. The molecular formula is C14H24N2O3S. The Labute approximate surface area is 124 Å². The van der Waals surface area contributed by atoms with Crippen LogP contribution in [0, 0.1) is 5.92 Å². The van der Waals surface area contributed by atoms with E-state index in [9.17, 15) is 14.7 Å². The Hall–Kier alpha value is -0.750. The van der Waals surface area contributed by atoms with Gasteiger partial charge < -0.3 is 15.3 Å². The normalized spacial score (nSPS) is 30.8. The number of fused-ring (bicyclic) bond motifs is 1. The Balaban J connectivity index is 1.89. The first-order valence-electron chi connectivity index (χ1n) is 7.25. The lowest BCUT2D eigenvalue weighted by molar-refractivity contribution is -0.138. The number of hydrogen-bond acceptors (Lipinski definition) is 4. The lowest BCUT2D eigenvalue weighted by atomic mass is 10.1. The number of nitrogens with zero attached hydrogens (tertiary/aromatic N) is 1. The van der Waals surface area contributed by atoms with Crippen molar-refractivity contribution in [1.82, 2.24) is 10.2 Å². The van der Waals surface area contributed by atoms with Gasteiger partial charge in [-0.15, -0.1) is 11.8 Å². The molecule has 2 amide bonds. The maximum Gasteiger partial charge on any atom is 0.243 e. The van der Waals surface area contributed by atoms with Crippen LogP contribution in [0.15, 0.2) is 0 Å². The quantitative estimate of drug-likeness (QED) is 0.793. The van der Waals surface area contributed by atoms with Crippen LogP contribution in [0.3, 0.4) is 0 Å². The minimum Gasteiger partial charge on any atom is -0.391 e. The van der Waals surface area contributed by atoms with Crippen molar-refractivity contribution < 1.29 is 14.7 Å². The Morgan fingerprint density at radius 2 is 2.30 bits per heavy atom. The van der Waals surface area contributed by atoms with Crippen LogP contribution in [0.2, 0.25) is 0 Å². The SMILES string of the molecule is CC(C)CC(O)CNC(=O)C1CSC2(C)CCC(=O)N12. The van der Waals surface area contributed by atoms with Crippen molar-refractivity contribution in [3.8, 4) is 0 Å². The van der Waals surface area contributed by atoms with Gasteiger partial charge in [-0.2, -0.15) is 0 Å². The molecule has 0 aliphatic carbocycles. The molecule has 2 rings (SSSR count). The molecule has 2 aliphatic rings. The van der Waals surface area contributed by atoms with E-state index >= 15 is 0 Å². The van der Waals surface area contributed by atoms with Gasteiger partial charge in [0.05, 0.1) is 11.0 Å². The second-order valence-corrected chi connectivity index (χ2v) is 7.80. The van der Waals surface area contributed by atoms with Crippen LogP contribution in [-0.2, 0) is 9.59 Å². The third-order valence-electron chi connectivity index (χ3n) is 4.00. The highest BCUT2D eigenvalue weighted by Crippen LogP contribution is 2.47. The van der Waals surface area contributed by atoms with Crippen LogP contribution in [0.25, 0.3) is 0 Å². The second-order valence-electron chi connectivity index (χ2n) is 6.29. The molecule has 114 valence electrons. The van der Waals surface area contributed by atoms with Crippen molar-refractivity contribution in [3.05, 3.63) is 0 Å². The summed E-state index contributed by atoms with van der Waals surface area (Å²) in [5, 5.41) is 12.6. The van der Waals surface area contributed by atoms with E-state index in [-0.39, 0.29) is 29.3 Å². The number of aliphatic hydroxyl groups excluding tert-OH is 1. The Bertz CT molecular complexity index is 402. The molecule has 3 atom stereocenters. The molecule has 2 aliphatic heterocycles. The predicted molar refractivity (Wildman–Crippen MR) is 79.2 cm³/mol. The van der Waals surface area contributed by atoms with E-state index in [1.807, 2.05) is 20.8 Å². The molecular weight excluding hydrogens is 276 g/mol. The van der Waals surface area contributed by atoms with Crippen LogP contribution >= 0.6 is 11.8 Å². The number of nitrogens with one attached hydrogen (secondary N) is 1. The van der Waals surface area contributed by atoms with Crippen LogP contribution in [0.5, 0.6) is 0 Å². The largest absolute Gasteiger partial charge is 0.391 e. The van der Waals surface area contributed by atoms with Crippen molar-refractivity contribution in [3.63, 3.8) is 0 Å². The van der Waals surface area contributed by atoms with E-state index in [4.69, 9.17) is 0 Å². The third-order valence-corrected chi connectivity index (χ3v) is 5.51. The first-order chi connectivity index (χ1) is 9.33. The number of rotatable bonds is 5. The van der Waals surface area contributed by atoms with E-state index in [1.165, 1.54) is 0 Å². The van der Waals surface area contributed by atoms with E-state index in [1.54, 1.807) is 16.7 Å². The van der Waals surface area contributed by atoms with E-state index in [0.717, 1.165) is 6.42 Å². The number of aliphatic hydroxyl groups is 1. The van der Waals surface area contributed by atoms with Gasteiger partial charge in [-0.3, -0.25) is 9.59 Å². The minimum absolute atomic E-state index is 0.0698. The van der Waals surface area contributed by atoms with Gasteiger partial charge in [-0.25, -0.2) is 0 Å². The van der Waals surface area contributed by atoms with Crippen LogP contribution in [0.4, 0.5) is 0 Å². The summed E-state index contributed by atoms with van der Waals surface area (Å²) in [5.74, 6) is 0.973. The summed E-state index contributed by atoms with van der Waals surface area (Å²) in [6.07, 6.45) is 1.49. The molecule has 5 nitrogen and oxygen atoms in total. The van der Waals surface area contributed by atoms with Crippen molar-refractivity contribution in [1.29, 1.82) is 0 Å². The molecule has 0 aromatic heterocycles. The summed E-state index contributed by atoms with van der Waals surface area (Å²) in [7, 11) is 0. The lowest BCUT2D eigenvalue weighted by Gasteiger charge is -2.30. The molecule has 0 radical (unpaired) electrons. The fourth-order valence-electron chi connectivity index (χ4n) is 2.98. The molecule has 0 spiro atoms. The summed E-state index contributed by atoms with van der Waals surface area (Å²) < 4.78 is 0. The fourth-order valence-corrected chi connectivity index (χ4v) is 4.41. The summed E-state index contributed by atoms with van der Waals surface area (Å²) in [6, 6.07) is -0.383. The first-order valence-corrected chi connectivity index (χ1v) is 8.24. The van der Waals surface area contributed by atoms with Gasteiger partial charge in [0.1, 0.15) is 6.04 Å². The zero-order valence-corrected chi connectivity index (χ0v) is 13.2. The monoisotopic (exact) mass is 300 g/mol. The molecule has 2 heterocycles. The van der Waals surface area contributed by atoms with E-state index < -0.39 is 6.10 Å². The summed E-state index contributed by atoms with van der Waals surface area (Å²) >= 11 is 1.68. The van der Waals surface area contributed by atoms with E-state index in [0.29, 0.717) is 24.5 Å². The van der Waals surface area contributed by atoms with Crippen molar-refractivity contribution in [2.24, 2.45) is 5.92 Å². The predicted octanol–water partition coefficient (Wildman–Crippen LogP) is 0.964. The van der Waals surface area contributed by atoms with Gasteiger partial charge in [0.15, 0.2) is 0 Å². The molecule has 0 aromatic carbocycles. The zero-order valence-electron chi connectivity index (χ0n) is 12.4. The molecule has 6 heteroatoms. The molecule has 0 bridgehead atoms. The number of carbonyl (C=O) groups excluding carboxylic acids is 2. The van der Waals surface area contributed by atoms with Crippen LogP contribution in [0.1, 0.15) is 40.0 Å². The molecule has 2 fully saturated rings. The minimum atomic E-state index is -0.520. The molecule has 2 saturated heterocycles. The topological polar surface area (TPSA) is 69.6 Å². The molecule has 20 heavy (non-hydrogen) atoms. The Morgan fingerprint density at radius 3 is 2.95 bits per heavy atom. The van der Waals surface area contributed by atoms with E-state index in [2.05, 4.69) is 5.32 Å². The van der Waals surface area contributed by atoms with Crippen LogP contribution in [-0.4, -0.2) is 51.1 Å². The van der Waals surface area contributed by atoms with Crippen molar-refractivity contribution >= 4 is 23.6 Å². The number of hydrogen-bond donors (Lipinski definition) is 2. The van der Waals surface area contributed by atoms with Crippen LogP contribution < -0.4 is 5.32 Å². The smallest absolute Gasteiger partial charge is 0.243 e. The zero-order chi connectivity index (χ0) is 14.9. The van der Waals surface area contributed by atoms with Crippen molar-refractivity contribution in [2.75, 3.05) is 12.3 Å². The average molecular weight is 300 g/mol. The first kappa shape index (κ1) is 15.6. The highest BCUT2D eigenvalue weighted by atomic mass is 32.2. The van der Waals surface area contributed by atoms with Crippen molar-refractivity contribution in [2.45, 2.75) is 57.1 Å². The highest BCUT2D eigenvalue weighted by Gasteiger charge is 2.52. The summed E-state index contributed by atoms with van der Waals surface area (Å²) in [4.78, 5) is 25.7.